The molecule has 1 aliphatic rings. The molecule has 0 aliphatic carbocycles. The lowest BCUT2D eigenvalue weighted by atomic mass is 9.99. The molecule has 0 spiro atoms. The van der Waals surface area contributed by atoms with Crippen LogP contribution in [0.25, 0.3) is 0 Å². The summed E-state index contributed by atoms with van der Waals surface area (Å²) in [6, 6.07) is 1.77. The van der Waals surface area contributed by atoms with Gasteiger partial charge in [0.15, 0.2) is 0 Å². The minimum Gasteiger partial charge on any atom is -0.480 e. The van der Waals surface area contributed by atoms with Crippen molar-refractivity contribution in [2.75, 3.05) is 6.54 Å². The zero-order chi connectivity index (χ0) is 14.9. The third-order valence-electron chi connectivity index (χ3n) is 4.06. The second-order valence-electron chi connectivity index (χ2n) is 5.33. The molecule has 1 fully saturated rings. The van der Waals surface area contributed by atoms with Crippen molar-refractivity contribution >= 4 is 11.9 Å². The van der Waals surface area contributed by atoms with Crippen molar-refractivity contribution in [1.29, 1.82) is 0 Å². The molecule has 1 aromatic rings. The maximum Gasteiger partial charge on any atom is 0.329 e. The van der Waals surface area contributed by atoms with E-state index in [2.05, 4.69) is 5.10 Å². The van der Waals surface area contributed by atoms with Gasteiger partial charge in [-0.3, -0.25) is 9.48 Å². The molecule has 1 aromatic heterocycles. The van der Waals surface area contributed by atoms with Crippen LogP contribution in [0.15, 0.2) is 6.07 Å². The van der Waals surface area contributed by atoms with Crippen LogP contribution in [0.4, 0.5) is 0 Å². The third-order valence-corrected chi connectivity index (χ3v) is 4.06. The van der Waals surface area contributed by atoms with E-state index in [0.29, 0.717) is 25.2 Å². The van der Waals surface area contributed by atoms with Gasteiger partial charge in [-0.05, 0) is 39.2 Å². The Morgan fingerprint density at radius 2 is 2.15 bits per heavy atom. The van der Waals surface area contributed by atoms with E-state index in [4.69, 9.17) is 0 Å². The second-order valence-corrected chi connectivity index (χ2v) is 5.33. The monoisotopic (exact) mass is 279 g/mol. The summed E-state index contributed by atoms with van der Waals surface area (Å²) in [5.74, 6) is -1.18. The number of rotatable bonds is 4. The molecule has 1 unspecified atom stereocenters. The van der Waals surface area contributed by atoms with Gasteiger partial charge in [-0.1, -0.05) is 6.92 Å². The molecule has 2 heterocycles. The number of carbonyl (C=O) groups is 2. The summed E-state index contributed by atoms with van der Waals surface area (Å²) in [5, 5.41) is 13.8. The molecule has 0 bridgehead atoms. The van der Waals surface area contributed by atoms with Gasteiger partial charge in [0.05, 0.1) is 5.69 Å². The van der Waals surface area contributed by atoms with Gasteiger partial charge in [-0.25, -0.2) is 4.79 Å². The van der Waals surface area contributed by atoms with Crippen molar-refractivity contribution in [3.8, 4) is 0 Å². The van der Waals surface area contributed by atoms with Crippen molar-refractivity contribution < 1.29 is 14.7 Å². The molecular weight excluding hydrogens is 258 g/mol. The summed E-state index contributed by atoms with van der Waals surface area (Å²) in [4.78, 5) is 25.6. The number of aliphatic carboxylic acids is 1. The number of amides is 1. The van der Waals surface area contributed by atoms with Crippen molar-refractivity contribution in [1.82, 2.24) is 14.7 Å². The number of nitrogens with zero attached hydrogens (tertiary/aromatic N) is 3. The summed E-state index contributed by atoms with van der Waals surface area (Å²) >= 11 is 0. The lowest BCUT2D eigenvalue weighted by Gasteiger charge is -2.31. The molecule has 1 amide bonds. The van der Waals surface area contributed by atoms with E-state index in [-0.39, 0.29) is 5.91 Å². The Labute approximate surface area is 118 Å². The van der Waals surface area contributed by atoms with Crippen molar-refractivity contribution in [3.05, 3.63) is 17.5 Å². The van der Waals surface area contributed by atoms with Crippen molar-refractivity contribution in [3.63, 3.8) is 0 Å². The van der Waals surface area contributed by atoms with Crippen LogP contribution in [-0.2, 0) is 17.8 Å². The van der Waals surface area contributed by atoms with Gasteiger partial charge in [0, 0.05) is 13.1 Å². The predicted molar refractivity (Wildman–Crippen MR) is 73.6 cm³/mol. The van der Waals surface area contributed by atoms with E-state index < -0.39 is 11.5 Å². The maximum absolute atomic E-state index is 12.7. The molecule has 20 heavy (non-hydrogen) atoms. The number of hydrogen-bond acceptors (Lipinski definition) is 3. The van der Waals surface area contributed by atoms with Crippen LogP contribution < -0.4 is 0 Å². The number of carboxylic acid groups (broad SMARTS) is 1. The lowest BCUT2D eigenvalue weighted by Crippen LogP contribution is -2.51. The molecule has 2 rings (SSSR count). The summed E-state index contributed by atoms with van der Waals surface area (Å²) in [6.07, 6.45) is 1.97. The minimum atomic E-state index is -1.10. The Morgan fingerprint density at radius 1 is 1.45 bits per heavy atom. The highest BCUT2D eigenvalue weighted by Gasteiger charge is 2.46. The van der Waals surface area contributed by atoms with Gasteiger partial charge in [0.1, 0.15) is 11.2 Å². The Bertz CT molecular complexity index is 538. The van der Waals surface area contributed by atoms with Crippen LogP contribution in [0, 0.1) is 0 Å². The quantitative estimate of drug-likeness (QED) is 0.907. The van der Waals surface area contributed by atoms with Crippen LogP contribution in [0.1, 0.15) is 49.8 Å². The zero-order valence-electron chi connectivity index (χ0n) is 12.2. The fourth-order valence-electron chi connectivity index (χ4n) is 2.71. The first-order chi connectivity index (χ1) is 9.43. The average molecular weight is 279 g/mol. The van der Waals surface area contributed by atoms with E-state index in [0.717, 1.165) is 18.5 Å². The Balaban J connectivity index is 2.36. The van der Waals surface area contributed by atoms with Gasteiger partial charge < -0.3 is 10.0 Å². The standard InChI is InChI=1S/C14H21N3O3/c1-4-10-9-11(17(5-2)15-10)12(18)16-8-6-7-14(16,3)13(19)20/h9H,4-8H2,1-3H3,(H,19,20). The summed E-state index contributed by atoms with van der Waals surface area (Å²) in [6.45, 7) is 6.60. The van der Waals surface area contributed by atoms with Crippen LogP contribution in [0.2, 0.25) is 0 Å². The number of likely N-dealkylation sites (tertiary alicyclic amines) is 1. The van der Waals surface area contributed by atoms with Gasteiger partial charge in [0.2, 0.25) is 0 Å². The fraction of sp³-hybridized carbons (Fsp3) is 0.643. The SMILES string of the molecule is CCc1cc(C(=O)N2CCCC2(C)C(=O)O)n(CC)n1. The number of carbonyl (C=O) groups excluding carboxylic acids is 1. The van der Waals surface area contributed by atoms with Crippen LogP contribution >= 0.6 is 0 Å². The summed E-state index contributed by atoms with van der Waals surface area (Å²) < 4.78 is 1.65. The Hall–Kier alpha value is -1.85. The van der Waals surface area contributed by atoms with Crippen molar-refractivity contribution in [2.24, 2.45) is 0 Å². The third kappa shape index (κ3) is 2.19. The van der Waals surface area contributed by atoms with Crippen LogP contribution in [-0.4, -0.2) is 43.7 Å². The molecule has 1 aliphatic heterocycles. The number of carboxylic acids is 1. The first-order valence-corrected chi connectivity index (χ1v) is 7.06. The van der Waals surface area contributed by atoms with E-state index in [1.165, 1.54) is 4.90 Å². The van der Waals surface area contributed by atoms with E-state index in [9.17, 15) is 14.7 Å². The fourth-order valence-corrected chi connectivity index (χ4v) is 2.71. The zero-order valence-corrected chi connectivity index (χ0v) is 12.2. The first kappa shape index (κ1) is 14.6. The minimum absolute atomic E-state index is 0.235. The summed E-state index contributed by atoms with van der Waals surface area (Å²) in [5.41, 5.74) is 0.233. The molecule has 6 heteroatoms. The smallest absolute Gasteiger partial charge is 0.329 e. The Morgan fingerprint density at radius 3 is 2.70 bits per heavy atom. The normalized spacial score (nSPS) is 22.2. The Kier molecular flexibility index (Phi) is 3.83. The highest BCUT2D eigenvalue weighted by atomic mass is 16.4. The first-order valence-electron chi connectivity index (χ1n) is 7.06. The topological polar surface area (TPSA) is 75.4 Å². The van der Waals surface area contributed by atoms with Gasteiger partial charge in [0.25, 0.3) is 5.91 Å². The van der Waals surface area contributed by atoms with Gasteiger partial charge >= 0.3 is 5.97 Å². The van der Waals surface area contributed by atoms with Crippen molar-refractivity contribution in [2.45, 2.75) is 52.1 Å². The van der Waals surface area contributed by atoms with Crippen LogP contribution in [0.3, 0.4) is 0 Å². The maximum atomic E-state index is 12.7. The lowest BCUT2D eigenvalue weighted by molar-refractivity contribution is -0.147. The van der Waals surface area contributed by atoms with E-state index in [1.54, 1.807) is 17.7 Å². The number of aryl methyl sites for hydroxylation is 2. The molecule has 1 N–H and O–H groups in total. The van der Waals surface area contributed by atoms with E-state index >= 15 is 0 Å². The predicted octanol–water partition coefficient (Wildman–Crippen LogP) is 1.54. The average Bonchev–Trinajstić information content (AvgIpc) is 3.02. The van der Waals surface area contributed by atoms with Gasteiger partial charge in [-0.15, -0.1) is 0 Å². The molecule has 0 saturated carbocycles. The molecule has 0 aromatic carbocycles. The van der Waals surface area contributed by atoms with E-state index in [1.807, 2.05) is 13.8 Å². The molecule has 6 nitrogen and oxygen atoms in total. The molecule has 1 atom stereocenters. The molecule has 110 valence electrons. The molecule has 1 saturated heterocycles. The number of aromatic nitrogens is 2. The second kappa shape index (κ2) is 5.26. The number of hydrogen-bond donors (Lipinski definition) is 1. The van der Waals surface area contributed by atoms with Gasteiger partial charge in [-0.2, -0.15) is 5.10 Å². The molecular formula is C14H21N3O3. The molecule has 0 radical (unpaired) electrons. The van der Waals surface area contributed by atoms with Crippen LogP contribution in [0.5, 0.6) is 0 Å². The largest absolute Gasteiger partial charge is 0.480 e. The highest BCUT2D eigenvalue weighted by Crippen LogP contribution is 2.30. The highest BCUT2D eigenvalue weighted by molar-refractivity contribution is 5.97. The summed E-state index contributed by atoms with van der Waals surface area (Å²) in [7, 11) is 0.